The van der Waals surface area contributed by atoms with Crippen molar-refractivity contribution >= 4 is 5.91 Å². The van der Waals surface area contributed by atoms with Crippen LogP contribution in [0.25, 0.3) is 0 Å². The maximum atomic E-state index is 12.1. The van der Waals surface area contributed by atoms with Crippen molar-refractivity contribution < 1.29 is 4.79 Å². The first-order chi connectivity index (χ1) is 9.61. The van der Waals surface area contributed by atoms with Crippen molar-refractivity contribution in [2.45, 2.75) is 31.8 Å². The van der Waals surface area contributed by atoms with E-state index in [1.54, 1.807) is 0 Å². The van der Waals surface area contributed by atoms with Crippen LogP contribution in [-0.2, 0) is 11.3 Å². The maximum absolute atomic E-state index is 12.1. The summed E-state index contributed by atoms with van der Waals surface area (Å²) in [5, 5.41) is 0. The van der Waals surface area contributed by atoms with Gasteiger partial charge in [-0.3, -0.25) is 9.78 Å². The quantitative estimate of drug-likeness (QED) is 0.876. The second kappa shape index (κ2) is 6.81. The third-order valence-electron chi connectivity index (χ3n) is 3.63. The van der Waals surface area contributed by atoms with Crippen LogP contribution < -0.4 is 5.73 Å². The molecule has 1 amide bonds. The van der Waals surface area contributed by atoms with E-state index in [9.17, 15) is 4.79 Å². The number of carbonyl (C=O) groups excluding carboxylic acids is 1. The van der Waals surface area contributed by atoms with Crippen LogP contribution in [0.4, 0.5) is 0 Å². The van der Waals surface area contributed by atoms with Gasteiger partial charge >= 0.3 is 0 Å². The zero-order valence-electron chi connectivity index (χ0n) is 12.4. The SMILES string of the molecule is CN(C)Cc1cc([C@H]2CCCN2C(=O)CCN)ccn1. The van der Waals surface area contributed by atoms with Gasteiger partial charge in [0, 0.05) is 32.3 Å². The number of nitrogens with zero attached hydrogens (tertiary/aromatic N) is 3. The molecule has 1 saturated heterocycles. The van der Waals surface area contributed by atoms with Gasteiger partial charge in [-0.15, -0.1) is 0 Å². The number of pyridine rings is 1. The lowest BCUT2D eigenvalue weighted by Gasteiger charge is -2.25. The number of rotatable bonds is 5. The number of aromatic nitrogens is 1. The minimum absolute atomic E-state index is 0.168. The summed E-state index contributed by atoms with van der Waals surface area (Å²) in [6.45, 7) is 2.08. The van der Waals surface area contributed by atoms with Crippen LogP contribution >= 0.6 is 0 Å². The Balaban J connectivity index is 2.15. The van der Waals surface area contributed by atoms with Crippen LogP contribution in [0.5, 0.6) is 0 Å². The Morgan fingerprint density at radius 1 is 1.55 bits per heavy atom. The standard InChI is InChI=1S/C15H24N4O/c1-18(2)11-13-10-12(6-8-17-13)14-4-3-9-19(14)15(20)5-7-16/h6,8,10,14H,3-5,7,9,11,16H2,1-2H3/t14-/m1/s1. The highest BCUT2D eigenvalue weighted by atomic mass is 16.2. The number of amides is 1. The van der Waals surface area contributed by atoms with E-state index in [1.807, 2.05) is 31.3 Å². The summed E-state index contributed by atoms with van der Waals surface area (Å²) < 4.78 is 0. The zero-order chi connectivity index (χ0) is 14.5. The van der Waals surface area contributed by atoms with E-state index < -0.39 is 0 Å². The van der Waals surface area contributed by atoms with Crippen molar-refractivity contribution in [3.63, 3.8) is 0 Å². The van der Waals surface area contributed by atoms with E-state index >= 15 is 0 Å². The molecule has 1 fully saturated rings. The second-order valence-electron chi connectivity index (χ2n) is 5.60. The molecule has 0 unspecified atom stereocenters. The molecule has 0 radical (unpaired) electrons. The Bertz CT molecular complexity index is 461. The van der Waals surface area contributed by atoms with Gasteiger partial charge in [-0.05, 0) is 44.6 Å². The van der Waals surface area contributed by atoms with Crippen LogP contribution in [-0.4, -0.2) is 47.9 Å². The Morgan fingerprint density at radius 2 is 2.35 bits per heavy atom. The molecule has 2 rings (SSSR count). The number of hydrogen-bond donors (Lipinski definition) is 1. The molecule has 1 aromatic heterocycles. The molecule has 0 aromatic carbocycles. The number of nitrogens with two attached hydrogens (primary N) is 1. The van der Waals surface area contributed by atoms with Crippen molar-refractivity contribution in [2.24, 2.45) is 5.73 Å². The Morgan fingerprint density at radius 3 is 3.05 bits per heavy atom. The number of likely N-dealkylation sites (tertiary alicyclic amines) is 1. The highest BCUT2D eigenvalue weighted by Crippen LogP contribution is 2.32. The highest BCUT2D eigenvalue weighted by molar-refractivity contribution is 5.77. The van der Waals surface area contributed by atoms with E-state index in [0.717, 1.165) is 31.6 Å². The predicted octanol–water partition coefficient (Wildman–Crippen LogP) is 1.16. The molecule has 0 bridgehead atoms. The van der Waals surface area contributed by atoms with Crippen molar-refractivity contribution in [2.75, 3.05) is 27.2 Å². The van der Waals surface area contributed by atoms with Gasteiger partial charge in [-0.2, -0.15) is 0 Å². The molecule has 2 N–H and O–H groups in total. The third-order valence-corrected chi connectivity index (χ3v) is 3.63. The van der Waals surface area contributed by atoms with Gasteiger partial charge in [0.25, 0.3) is 0 Å². The molecule has 5 heteroatoms. The molecular formula is C15H24N4O. The Labute approximate surface area is 120 Å². The van der Waals surface area contributed by atoms with Crippen LogP contribution in [0, 0.1) is 0 Å². The Hall–Kier alpha value is -1.46. The van der Waals surface area contributed by atoms with Crippen molar-refractivity contribution in [1.82, 2.24) is 14.8 Å². The lowest BCUT2D eigenvalue weighted by molar-refractivity contribution is -0.131. The van der Waals surface area contributed by atoms with Crippen LogP contribution in [0.15, 0.2) is 18.3 Å². The summed E-state index contributed by atoms with van der Waals surface area (Å²) >= 11 is 0. The average Bonchev–Trinajstić information content (AvgIpc) is 2.87. The van der Waals surface area contributed by atoms with Gasteiger partial charge in [0.15, 0.2) is 0 Å². The summed E-state index contributed by atoms with van der Waals surface area (Å²) in [6.07, 6.45) is 4.37. The maximum Gasteiger partial charge on any atom is 0.224 e. The lowest BCUT2D eigenvalue weighted by Crippen LogP contribution is -2.32. The van der Waals surface area contributed by atoms with Crippen molar-refractivity contribution in [3.05, 3.63) is 29.6 Å². The van der Waals surface area contributed by atoms with Crippen LogP contribution in [0.3, 0.4) is 0 Å². The van der Waals surface area contributed by atoms with E-state index in [1.165, 1.54) is 5.56 Å². The van der Waals surface area contributed by atoms with Gasteiger partial charge in [-0.25, -0.2) is 0 Å². The molecule has 5 nitrogen and oxygen atoms in total. The van der Waals surface area contributed by atoms with Crippen LogP contribution in [0.2, 0.25) is 0 Å². The molecule has 0 saturated carbocycles. The number of hydrogen-bond acceptors (Lipinski definition) is 4. The smallest absolute Gasteiger partial charge is 0.224 e. The lowest BCUT2D eigenvalue weighted by atomic mass is 10.0. The fourth-order valence-electron chi connectivity index (χ4n) is 2.79. The second-order valence-corrected chi connectivity index (χ2v) is 5.60. The first-order valence-corrected chi connectivity index (χ1v) is 7.21. The zero-order valence-corrected chi connectivity index (χ0v) is 12.4. The molecule has 20 heavy (non-hydrogen) atoms. The molecule has 0 aliphatic carbocycles. The summed E-state index contributed by atoms with van der Waals surface area (Å²) in [5.41, 5.74) is 7.74. The predicted molar refractivity (Wildman–Crippen MR) is 79.0 cm³/mol. The van der Waals surface area contributed by atoms with Crippen molar-refractivity contribution in [3.8, 4) is 0 Å². The van der Waals surface area contributed by atoms with Gasteiger partial charge in [0.2, 0.25) is 5.91 Å². The average molecular weight is 276 g/mol. The fraction of sp³-hybridized carbons (Fsp3) is 0.600. The minimum Gasteiger partial charge on any atom is -0.336 e. The normalized spacial score (nSPS) is 18.8. The van der Waals surface area contributed by atoms with E-state index in [2.05, 4.69) is 16.0 Å². The molecule has 110 valence electrons. The van der Waals surface area contributed by atoms with Gasteiger partial charge in [0.05, 0.1) is 11.7 Å². The Kier molecular flexibility index (Phi) is 5.09. The number of carbonyl (C=O) groups is 1. The van der Waals surface area contributed by atoms with Gasteiger partial charge < -0.3 is 15.5 Å². The van der Waals surface area contributed by atoms with Gasteiger partial charge in [-0.1, -0.05) is 0 Å². The minimum atomic E-state index is 0.168. The first-order valence-electron chi connectivity index (χ1n) is 7.21. The molecule has 1 aliphatic rings. The molecule has 0 spiro atoms. The molecular weight excluding hydrogens is 252 g/mol. The van der Waals surface area contributed by atoms with Crippen LogP contribution in [0.1, 0.15) is 36.6 Å². The summed E-state index contributed by atoms with van der Waals surface area (Å²) in [5.74, 6) is 0.168. The van der Waals surface area contributed by atoms with Gasteiger partial charge in [0.1, 0.15) is 0 Å². The highest BCUT2D eigenvalue weighted by Gasteiger charge is 2.29. The van der Waals surface area contributed by atoms with E-state index in [-0.39, 0.29) is 11.9 Å². The first kappa shape index (κ1) is 14.9. The van der Waals surface area contributed by atoms with E-state index in [0.29, 0.717) is 13.0 Å². The summed E-state index contributed by atoms with van der Waals surface area (Å²) in [4.78, 5) is 20.6. The molecule has 1 aromatic rings. The topological polar surface area (TPSA) is 62.5 Å². The largest absolute Gasteiger partial charge is 0.336 e. The van der Waals surface area contributed by atoms with E-state index in [4.69, 9.17) is 5.73 Å². The summed E-state index contributed by atoms with van der Waals surface area (Å²) in [6, 6.07) is 4.34. The molecule has 2 heterocycles. The third kappa shape index (κ3) is 3.55. The summed E-state index contributed by atoms with van der Waals surface area (Å²) in [7, 11) is 4.06. The van der Waals surface area contributed by atoms with Crippen molar-refractivity contribution in [1.29, 1.82) is 0 Å². The fourth-order valence-corrected chi connectivity index (χ4v) is 2.79. The monoisotopic (exact) mass is 276 g/mol. The molecule has 1 aliphatic heterocycles. The molecule has 1 atom stereocenters.